The molecule has 0 fully saturated rings. The molecule has 100 valence electrons. The number of hydrogen-bond acceptors (Lipinski definition) is 5. The number of nitrogens with zero attached hydrogens (tertiary/aromatic N) is 5. The fourth-order valence-corrected chi connectivity index (χ4v) is 2.05. The lowest BCUT2D eigenvalue weighted by Crippen LogP contribution is -2.16. The zero-order chi connectivity index (χ0) is 14.1. The van der Waals surface area contributed by atoms with Crippen molar-refractivity contribution in [1.29, 1.82) is 0 Å². The summed E-state index contributed by atoms with van der Waals surface area (Å²) in [7, 11) is 1.66. The van der Waals surface area contributed by atoms with Gasteiger partial charge in [0.25, 0.3) is 5.91 Å². The molecule has 20 heavy (non-hydrogen) atoms. The first-order chi connectivity index (χ1) is 9.66. The SMILES string of the molecule is Cc1c(C(=O)Nc2nnnn2C)ccc2ncccc12. The van der Waals surface area contributed by atoms with Crippen LogP contribution in [0, 0.1) is 6.92 Å². The van der Waals surface area contributed by atoms with Crippen molar-refractivity contribution in [2.45, 2.75) is 6.92 Å². The minimum atomic E-state index is -0.244. The number of tetrazole rings is 1. The van der Waals surface area contributed by atoms with E-state index in [9.17, 15) is 4.79 Å². The number of hydrogen-bond donors (Lipinski definition) is 1. The fourth-order valence-electron chi connectivity index (χ4n) is 2.05. The second-order valence-corrected chi connectivity index (χ2v) is 4.39. The monoisotopic (exact) mass is 268 g/mol. The van der Waals surface area contributed by atoms with Gasteiger partial charge in [-0.05, 0) is 41.1 Å². The lowest BCUT2D eigenvalue weighted by molar-refractivity contribution is 0.102. The molecule has 3 rings (SSSR count). The molecule has 0 radical (unpaired) electrons. The fraction of sp³-hybridized carbons (Fsp3) is 0.154. The van der Waals surface area contributed by atoms with Crippen LogP contribution in [-0.4, -0.2) is 31.1 Å². The Morgan fingerprint density at radius 3 is 2.90 bits per heavy atom. The Hall–Kier alpha value is -2.83. The Morgan fingerprint density at radius 1 is 1.30 bits per heavy atom. The molecule has 1 amide bonds. The third-order valence-electron chi connectivity index (χ3n) is 3.14. The number of rotatable bonds is 2. The maximum absolute atomic E-state index is 12.3. The maximum Gasteiger partial charge on any atom is 0.258 e. The van der Waals surface area contributed by atoms with Gasteiger partial charge in [0.05, 0.1) is 5.52 Å². The van der Waals surface area contributed by atoms with Gasteiger partial charge >= 0.3 is 0 Å². The number of anilines is 1. The largest absolute Gasteiger partial charge is 0.289 e. The first-order valence-electron chi connectivity index (χ1n) is 6.05. The maximum atomic E-state index is 12.3. The highest BCUT2D eigenvalue weighted by molar-refractivity contribution is 6.07. The van der Waals surface area contributed by atoms with Crippen molar-refractivity contribution in [3.63, 3.8) is 0 Å². The summed E-state index contributed by atoms with van der Waals surface area (Å²) in [5, 5.41) is 14.5. The highest BCUT2D eigenvalue weighted by atomic mass is 16.1. The number of fused-ring (bicyclic) bond motifs is 1. The van der Waals surface area contributed by atoms with E-state index in [1.165, 1.54) is 4.68 Å². The molecule has 0 atom stereocenters. The molecule has 0 aliphatic rings. The Balaban J connectivity index is 2.00. The van der Waals surface area contributed by atoms with Crippen molar-refractivity contribution in [1.82, 2.24) is 25.2 Å². The number of nitrogens with one attached hydrogen (secondary N) is 1. The van der Waals surface area contributed by atoms with Gasteiger partial charge in [0, 0.05) is 24.2 Å². The molecule has 0 spiro atoms. The third-order valence-corrected chi connectivity index (χ3v) is 3.14. The van der Waals surface area contributed by atoms with Crippen LogP contribution in [0.3, 0.4) is 0 Å². The van der Waals surface area contributed by atoms with Gasteiger partial charge in [-0.2, -0.15) is 0 Å². The summed E-state index contributed by atoms with van der Waals surface area (Å²) in [6, 6.07) is 7.37. The van der Waals surface area contributed by atoms with Crippen molar-refractivity contribution in [3.05, 3.63) is 41.6 Å². The highest BCUT2D eigenvalue weighted by Crippen LogP contribution is 2.20. The normalized spacial score (nSPS) is 10.7. The molecule has 2 heterocycles. The summed E-state index contributed by atoms with van der Waals surface area (Å²) in [6.45, 7) is 1.90. The molecule has 0 bridgehead atoms. The first kappa shape index (κ1) is 12.2. The van der Waals surface area contributed by atoms with Crippen LogP contribution in [0.25, 0.3) is 10.9 Å². The van der Waals surface area contributed by atoms with E-state index in [0.29, 0.717) is 11.5 Å². The molecule has 1 aromatic carbocycles. The third kappa shape index (κ3) is 1.99. The van der Waals surface area contributed by atoms with E-state index in [1.807, 2.05) is 25.1 Å². The number of amides is 1. The molecule has 7 heteroatoms. The number of carbonyl (C=O) groups is 1. The van der Waals surface area contributed by atoms with Crippen molar-refractivity contribution in [3.8, 4) is 0 Å². The topological polar surface area (TPSA) is 85.6 Å². The summed E-state index contributed by atoms with van der Waals surface area (Å²) < 4.78 is 1.40. The van der Waals surface area contributed by atoms with E-state index in [0.717, 1.165) is 16.5 Å². The molecule has 1 N–H and O–H groups in total. The Kier molecular flexibility index (Phi) is 2.86. The zero-order valence-corrected chi connectivity index (χ0v) is 11.0. The number of aryl methyl sites for hydroxylation is 2. The van der Waals surface area contributed by atoms with E-state index in [1.54, 1.807) is 19.3 Å². The second kappa shape index (κ2) is 4.69. The summed E-state index contributed by atoms with van der Waals surface area (Å²) in [5.74, 6) is 0.0619. The molecule has 2 aromatic heterocycles. The number of carbonyl (C=O) groups excluding carboxylic acids is 1. The molecule has 0 unspecified atom stereocenters. The first-order valence-corrected chi connectivity index (χ1v) is 6.05. The second-order valence-electron chi connectivity index (χ2n) is 4.39. The average Bonchev–Trinajstić information content (AvgIpc) is 2.85. The van der Waals surface area contributed by atoms with Crippen LogP contribution in [0.4, 0.5) is 5.95 Å². The minimum Gasteiger partial charge on any atom is -0.289 e. The Labute approximate surface area is 114 Å². The summed E-state index contributed by atoms with van der Waals surface area (Å²) >= 11 is 0. The van der Waals surface area contributed by atoms with Gasteiger partial charge in [-0.15, -0.1) is 0 Å². The smallest absolute Gasteiger partial charge is 0.258 e. The van der Waals surface area contributed by atoms with Gasteiger partial charge in [0.1, 0.15) is 0 Å². The van der Waals surface area contributed by atoms with Crippen LogP contribution in [0.15, 0.2) is 30.5 Å². The number of pyridine rings is 1. The summed E-state index contributed by atoms with van der Waals surface area (Å²) in [6.07, 6.45) is 1.73. The van der Waals surface area contributed by atoms with E-state index in [-0.39, 0.29) is 5.91 Å². The van der Waals surface area contributed by atoms with Crippen molar-refractivity contribution in [2.24, 2.45) is 7.05 Å². The molecule has 0 saturated carbocycles. The van der Waals surface area contributed by atoms with Gasteiger partial charge < -0.3 is 0 Å². The van der Waals surface area contributed by atoms with Gasteiger partial charge in [-0.1, -0.05) is 11.2 Å². The van der Waals surface area contributed by atoms with Gasteiger partial charge in [0.2, 0.25) is 5.95 Å². The Bertz CT molecular complexity index is 794. The van der Waals surface area contributed by atoms with Crippen LogP contribution >= 0.6 is 0 Å². The predicted octanol–water partition coefficient (Wildman–Crippen LogP) is 1.32. The predicted molar refractivity (Wildman–Crippen MR) is 73.2 cm³/mol. The standard InChI is InChI=1S/C13H12N6O/c1-8-9-4-3-7-14-11(9)6-5-10(8)12(20)15-13-16-17-18-19(13)2/h3-7H,1-2H3,(H,15,16,18,20). The van der Waals surface area contributed by atoms with Crippen LogP contribution in [0.1, 0.15) is 15.9 Å². The number of aromatic nitrogens is 5. The summed E-state index contributed by atoms with van der Waals surface area (Å²) in [5.41, 5.74) is 2.32. The van der Waals surface area contributed by atoms with Crippen molar-refractivity contribution in [2.75, 3.05) is 5.32 Å². The van der Waals surface area contributed by atoms with Crippen molar-refractivity contribution >= 4 is 22.8 Å². The van der Waals surface area contributed by atoms with E-state index >= 15 is 0 Å². The van der Waals surface area contributed by atoms with Crippen LogP contribution in [0.2, 0.25) is 0 Å². The average molecular weight is 268 g/mol. The van der Waals surface area contributed by atoms with E-state index in [2.05, 4.69) is 25.8 Å². The van der Waals surface area contributed by atoms with Crippen molar-refractivity contribution < 1.29 is 4.79 Å². The van der Waals surface area contributed by atoms with Gasteiger partial charge in [0.15, 0.2) is 0 Å². The quantitative estimate of drug-likeness (QED) is 0.757. The van der Waals surface area contributed by atoms with E-state index in [4.69, 9.17) is 0 Å². The zero-order valence-electron chi connectivity index (χ0n) is 11.0. The van der Waals surface area contributed by atoms with Crippen LogP contribution in [0.5, 0.6) is 0 Å². The molecule has 0 saturated heterocycles. The van der Waals surface area contributed by atoms with Gasteiger partial charge in [-0.3, -0.25) is 15.1 Å². The van der Waals surface area contributed by atoms with E-state index < -0.39 is 0 Å². The molecule has 0 aliphatic carbocycles. The molecule has 3 aromatic rings. The van der Waals surface area contributed by atoms with Crippen LogP contribution in [-0.2, 0) is 7.05 Å². The van der Waals surface area contributed by atoms with Gasteiger partial charge in [-0.25, -0.2) is 4.68 Å². The molecule has 7 nitrogen and oxygen atoms in total. The minimum absolute atomic E-state index is 0.244. The number of benzene rings is 1. The highest BCUT2D eigenvalue weighted by Gasteiger charge is 2.14. The van der Waals surface area contributed by atoms with Crippen LogP contribution < -0.4 is 5.32 Å². The summed E-state index contributed by atoms with van der Waals surface area (Å²) in [4.78, 5) is 16.6. The molecular formula is C13H12N6O. The Morgan fingerprint density at radius 2 is 2.15 bits per heavy atom. The lowest BCUT2D eigenvalue weighted by atomic mass is 10.0. The molecule has 0 aliphatic heterocycles. The molecular weight excluding hydrogens is 256 g/mol. The lowest BCUT2D eigenvalue weighted by Gasteiger charge is -2.08.